The molecule has 0 spiro atoms. The fourth-order valence-electron chi connectivity index (χ4n) is 2.54. The van der Waals surface area contributed by atoms with E-state index >= 15 is 0 Å². The zero-order valence-electron chi connectivity index (χ0n) is 14.2. The lowest BCUT2D eigenvalue weighted by Crippen LogP contribution is -2.43. The van der Waals surface area contributed by atoms with Gasteiger partial charge < -0.3 is 4.90 Å². The lowest BCUT2D eigenvalue weighted by atomic mass is 10.1. The molecule has 0 radical (unpaired) electrons. The van der Waals surface area contributed by atoms with Crippen molar-refractivity contribution in [2.24, 2.45) is 0 Å². The number of benzene rings is 1. The molecule has 1 aliphatic rings. The average molecular weight is 331 g/mol. The van der Waals surface area contributed by atoms with E-state index in [4.69, 9.17) is 0 Å². The van der Waals surface area contributed by atoms with E-state index in [-0.39, 0.29) is 6.04 Å². The molecule has 24 heavy (non-hydrogen) atoms. The van der Waals surface area contributed by atoms with Crippen molar-refractivity contribution in [3.63, 3.8) is 0 Å². The second-order valence-corrected chi connectivity index (χ2v) is 6.03. The molecule has 0 N–H and O–H groups in total. The fraction of sp³-hybridized carbons (Fsp3) is 0.412. The third kappa shape index (κ3) is 3.15. The van der Waals surface area contributed by atoms with Crippen molar-refractivity contribution in [2.75, 3.05) is 13.6 Å². The summed E-state index contributed by atoms with van der Waals surface area (Å²) in [6.45, 7) is 4.68. The summed E-state index contributed by atoms with van der Waals surface area (Å²) >= 11 is 0. The predicted octanol–water partition coefficient (Wildman–Crippen LogP) is 1.41. The second-order valence-electron chi connectivity index (χ2n) is 6.03. The van der Waals surface area contributed by atoms with Crippen LogP contribution in [0.25, 0.3) is 0 Å². The van der Waals surface area contributed by atoms with Gasteiger partial charge in [-0.25, -0.2) is 9.69 Å². The first-order valence-corrected chi connectivity index (χ1v) is 7.75. The lowest BCUT2D eigenvalue weighted by molar-refractivity contribution is -0.145. The van der Waals surface area contributed by atoms with Crippen LogP contribution in [-0.4, -0.2) is 58.1 Å². The molecular formula is C17H21N3O4. The Morgan fingerprint density at radius 1 is 1.04 bits per heavy atom. The molecule has 0 aromatic heterocycles. The van der Waals surface area contributed by atoms with Gasteiger partial charge in [-0.15, -0.1) is 0 Å². The molecule has 7 heteroatoms. The predicted molar refractivity (Wildman–Crippen MR) is 86.7 cm³/mol. The number of hydrogen-bond acceptors (Lipinski definition) is 4. The van der Waals surface area contributed by atoms with Gasteiger partial charge in [-0.05, 0) is 26.3 Å². The molecule has 2 rings (SSSR count). The number of urea groups is 1. The van der Waals surface area contributed by atoms with Crippen LogP contribution in [0.3, 0.4) is 0 Å². The first kappa shape index (κ1) is 17.7. The van der Waals surface area contributed by atoms with Crippen LogP contribution in [0.15, 0.2) is 30.3 Å². The summed E-state index contributed by atoms with van der Waals surface area (Å²) in [6, 6.07) is 8.02. The highest BCUT2D eigenvalue weighted by molar-refractivity contribution is 6.45. The van der Waals surface area contributed by atoms with Crippen LogP contribution in [0.4, 0.5) is 4.79 Å². The highest BCUT2D eigenvalue weighted by atomic mass is 16.2. The molecule has 0 aliphatic carbocycles. The molecule has 5 amide bonds. The number of rotatable bonds is 5. The van der Waals surface area contributed by atoms with Gasteiger partial charge in [0.05, 0.1) is 6.04 Å². The zero-order valence-corrected chi connectivity index (χ0v) is 14.2. The van der Waals surface area contributed by atoms with E-state index in [1.165, 1.54) is 4.90 Å². The van der Waals surface area contributed by atoms with Crippen molar-refractivity contribution < 1.29 is 19.2 Å². The quantitative estimate of drug-likeness (QED) is 0.604. The van der Waals surface area contributed by atoms with E-state index in [2.05, 4.69) is 0 Å². The minimum Gasteiger partial charge on any atom is -0.337 e. The largest absolute Gasteiger partial charge is 0.337 e. The van der Waals surface area contributed by atoms with Gasteiger partial charge >= 0.3 is 17.8 Å². The number of likely N-dealkylation sites (N-methyl/N-ethyl adjacent to an activating group) is 1. The summed E-state index contributed by atoms with van der Waals surface area (Å²) in [7, 11) is 1.60. The molecule has 1 aromatic rings. The number of amides is 5. The van der Waals surface area contributed by atoms with Crippen LogP contribution in [0.5, 0.6) is 0 Å². The summed E-state index contributed by atoms with van der Waals surface area (Å²) in [4.78, 5) is 51.5. The van der Waals surface area contributed by atoms with Crippen molar-refractivity contribution in [1.82, 2.24) is 14.7 Å². The van der Waals surface area contributed by atoms with Crippen LogP contribution in [0.2, 0.25) is 0 Å². The minimum atomic E-state index is -0.956. The van der Waals surface area contributed by atoms with Crippen molar-refractivity contribution in [3.05, 3.63) is 35.9 Å². The number of hydrogen-bond donors (Lipinski definition) is 0. The minimum absolute atomic E-state index is 0.219. The Balaban J connectivity index is 2.10. The maximum absolute atomic E-state index is 12.4. The maximum Gasteiger partial charge on any atom is 0.334 e. The van der Waals surface area contributed by atoms with Crippen LogP contribution < -0.4 is 0 Å². The Kier molecular flexibility index (Phi) is 5.02. The van der Waals surface area contributed by atoms with Gasteiger partial charge in [-0.3, -0.25) is 19.3 Å². The standard InChI is InChI=1S/C17H21N3O4/c1-11(2)20-16(23)15(22)19(17(20)24)10-14(21)18(4)12(3)13-8-6-5-7-9-13/h5-9,11-12H,10H2,1-4H3/t12-/m1/s1. The molecular weight excluding hydrogens is 310 g/mol. The lowest BCUT2D eigenvalue weighted by Gasteiger charge is -2.27. The van der Waals surface area contributed by atoms with Gasteiger partial charge in [-0.1, -0.05) is 30.3 Å². The van der Waals surface area contributed by atoms with Crippen LogP contribution in [0.1, 0.15) is 32.4 Å². The van der Waals surface area contributed by atoms with Gasteiger partial charge in [0.15, 0.2) is 0 Å². The number of nitrogens with zero attached hydrogens (tertiary/aromatic N) is 3. The molecule has 1 heterocycles. The molecule has 1 atom stereocenters. The maximum atomic E-state index is 12.4. The molecule has 0 unspecified atom stereocenters. The number of carbonyl (C=O) groups is 4. The normalized spacial score (nSPS) is 16.1. The van der Waals surface area contributed by atoms with E-state index in [9.17, 15) is 19.2 Å². The summed E-state index contributed by atoms with van der Waals surface area (Å²) in [5.74, 6) is -2.25. The van der Waals surface area contributed by atoms with Crippen LogP contribution in [-0.2, 0) is 14.4 Å². The molecule has 0 saturated carbocycles. The summed E-state index contributed by atoms with van der Waals surface area (Å²) in [6.07, 6.45) is 0. The third-order valence-electron chi connectivity index (χ3n) is 4.15. The second kappa shape index (κ2) is 6.82. The Labute approximate surface area is 140 Å². The molecule has 1 fully saturated rings. The molecule has 0 bridgehead atoms. The SMILES string of the molecule is CC(C)N1C(=O)C(=O)N(CC(=O)N(C)[C@H](C)c2ccccc2)C1=O. The van der Waals surface area contributed by atoms with Gasteiger partial charge in [0.2, 0.25) is 5.91 Å². The monoisotopic (exact) mass is 331 g/mol. The Morgan fingerprint density at radius 2 is 1.62 bits per heavy atom. The van der Waals surface area contributed by atoms with E-state index < -0.39 is 36.3 Å². The van der Waals surface area contributed by atoms with Crippen molar-refractivity contribution >= 4 is 23.8 Å². The average Bonchev–Trinajstić information content (AvgIpc) is 2.77. The van der Waals surface area contributed by atoms with Crippen LogP contribution in [0, 0.1) is 0 Å². The summed E-state index contributed by atoms with van der Waals surface area (Å²) in [5, 5.41) is 0. The fourth-order valence-corrected chi connectivity index (χ4v) is 2.54. The molecule has 7 nitrogen and oxygen atoms in total. The van der Waals surface area contributed by atoms with Gasteiger partial charge in [0, 0.05) is 13.1 Å². The Bertz CT molecular complexity index is 672. The van der Waals surface area contributed by atoms with E-state index in [1.807, 2.05) is 37.3 Å². The Morgan fingerprint density at radius 3 is 2.12 bits per heavy atom. The van der Waals surface area contributed by atoms with E-state index in [0.717, 1.165) is 10.5 Å². The molecule has 1 aromatic carbocycles. The number of carbonyl (C=O) groups excluding carboxylic acids is 4. The van der Waals surface area contributed by atoms with Gasteiger partial charge in [-0.2, -0.15) is 0 Å². The smallest absolute Gasteiger partial charge is 0.334 e. The third-order valence-corrected chi connectivity index (χ3v) is 4.15. The molecule has 1 aliphatic heterocycles. The zero-order chi connectivity index (χ0) is 18.0. The topological polar surface area (TPSA) is 78.0 Å². The van der Waals surface area contributed by atoms with E-state index in [1.54, 1.807) is 20.9 Å². The van der Waals surface area contributed by atoms with Gasteiger partial charge in [0.1, 0.15) is 6.54 Å². The van der Waals surface area contributed by atoms with Crippen molar-refractivity contribution in [2.45, 2.75) is 32.9 Å². The van der Waals surface area contributed by atoms with Crippen LogP contribution >= 0.6 is 0 Å². The highest BCUT2D eigenvalue weighted by Gasteiger charge is 2.46. The highest BCUT2D eigenvalue weighted by Crippen LogP contribution is 2.20. The first-order valence-electron chi connectivity index (χ1n) is 7.75. The van der Waals surface area contributed by atoms with Crippen molar-refractivity contribution in [1.29, 1.82) is 0 Å². The molecule has 1 saturated heterocycles. The summed E-state index contributed by atoms with van der Waals surface area (Å²) in [5.41, 5.74) is 0.937. The Hall–Kier alpha value is -2.70. The van der Waals surface area contributed by atoms with E-state index in [0.29, 0.717) is 4.90 Å². The van der Waals surface area contributed by atoms with Crippen molar-refractivity contribution in [3.8, 4) is 0 Å². The van der Waals surface area contributed by atoms with Gasteiger partial charge in [0.25, 0.3) is 0 Å². The first-order chi connectivity index (χ1) is 11.3. The molecule has 128 valence electrons. The number of imide groups is 2. The summed E-state index contributed by atoms with van der Waals surface area (Å²) < 4.78 is 0.